The molecule has 2 heterocycles. The van der Waals surface area contributed by atoms with E-state index in [-0.39, 0.29) is 0 Å². The lowest BCUT2D eigenvalue weighted by Crippen LogP contribution is -1.96. The van der Waals surface area contributed by atoms with Crippen LogP contribution in [-0.4, -0.2) is 9.97 Å². The van der Waals surface area contributed by atoms with Gasteiger partial charge in [0.15, 0.2) is 0 Å². The van der Waals surface area contributed by atoms with Crippen molar-refractivity contribution >= 4 is 22.4 Å². The molecule has 1 aliphatic carbocycles. The van der Waals surface area contributed by atoms with Gasteiger partial charge in [-0.1, -0.05) is 12.1 Å². The summed E-state index contributed by atoms with van der Waals surface area (Å²) in [6.07, 6.45) is 5.17. The Bertz CT molecular complexity index is 728. The largest absolute Gasteiger partial charge is 0.337 e. The van der Waals surface area contributed by atoms with Crippen LogP contribution >= 0.6 is 11.3 Å². The summed E-state index contributed by atoms with van der Waals surface area (Å²) in [5.41, 5.74) is 5.02. The second-order valence-electron chi connectivity index (χ2n) is 5.32. The number of rotatable bonds is 1. The summed E-state index contributed by atoms with van der Waals surface area (Å²) in [5, 5.41) is 0. The average Bonchev–Trinajstić information content (AvgIpc) is 3.02. The van der Waals surface area contributed by atoms with Gasteiger partial charge in [0.05, 0.1) is 15.9 Å². The van der Waals surface area contributed by atoms with Crippen molar-refractivity contribution in [2.75, 3.05) is 0 Å². The van der Waals surface area contributed by atoms with E-state index in [1.165, 1.54) is 36.1 Å². The summed E-state index contributed by atoms with van der Waals surface area (Å²) >= 11 is 1.92. The first-order valence-electron chi connectivity index (χ1n) is 6.88. The number of aromatic nitrogens is 2. The third kappa shape index (κ3) is 1.80. The van der Waals surface area contributed by atoms with Crippen LogP contribution in [0.5, 0.6) is 0 Å². The zero-order valence-corrected chi connectivity index (χ0v) is 11.8. The first-order chi connectivity index (χ1) is 9.31. The van der Waals surface area contributed by atoms with Crippen molar-refractivity contribution in [2.45, 2.75) is 32.6 Å². The molecular formula is C16H16N2S. The van der Waals surface area contributed by atoms with Crippen molar-refractivity contribution in [1.29, 1.82) is 0 Å². The van der Waals surface area contributed by atoms with Crippen LogP contribution in [0.1, 0.15) is 28.8 Å². The summed E-state index contributed by atoms with van der Waals surface area (Å²) in [6.45, 7) is 2.12. The first kappa shape index (κ1) is 11.2. The number of hydrogen-bond donors (Lipinski definition) is 1. The van der Waals surface area contributed by atoms with Crippen molar-refractivity contribution in [2.24, 2.45) is 0 Å². The molecule has 0 bridgehead atoms. The molecule has 3 aromatic rings. The fourth-order valence-electron chi connectivity index (χ4n) is 2.90. The molecule has 1 aromatic carbocycles. The van der Waals surface area contributed by atoms with E-state index in [4.69, 9.17) is 4.98 Å². The topological polar surface area (TPSA) is 28.7 Å². The number of aryl methyl sites for hydroxylation is 3. The summed E-state index contributed by atoms with van der Waals surface area (Å²) in [6, 6.07) is 8.64. The molecule has 0 amide bonds. The molecule has 0 fully saturated rings. The zero-order chi connectivity index (χ0) is 12.8. The highest BCUT2D eigenvalue weighted by molar-refractivity contribution is 7.15. The number of aromatic amines is 1. The minimum atomic E-state index is 1.03. The molecule has 0 saturated heterocycles. The lowest BCUT2D eigenvalue weighted by Gasteiger charge is -2.08. The molecular weight excluding hydrogens is 252 g/mol. The predicted octanol–water partition coefficient (Wildman–Crippen LogP) is 4.48. The second kappa shape index (κ2) is 4.20. The highest BCUT2D eigenvalue weighted by Gasteiger charge is 2.16. The Balaban J connectivity index is 1.85. The number of fused-ring (bicyclic) bond motifs is 2. The highest BCUT2D eigenvalue weighted by Crippen LogP contribution is 2.35. The van der Waals surface area contributed by atoms with E-state index >= 15 is 0 Å². The molecule has 0 saturated carbocycles. The quantitative estimate of drug-likeness (QED) is 0.692. The van der Waals surface area contributed by atoms with Gasteiger partial charge in [0.1, 0.15) is 5.82 Å². The van der Waals surface area contributed by atoms with Gasteiger partial charge in [-0.05, 0) is 55.9 Å². The fraction of sp³-hybridized carbons (Fsp3) is 0.312. The molecule has 3 heteroatoms. The van der Waals surface area contributed by atoms with Gasteiger partial charge in [0, 0.05) is 4.88 Å². The summed E-state index contributed by atoms with van der Waals surface area (Å²) in [7, 11) is 0. The molecule has 0 atom stereocenters. The number of hydrogen-bond acceptors (Lipinski definition) is 2. The van der Waals surface area contributed by atoms with Gasteiger partial charge in [-0.25, -0.2) is 4.98 Å². The number of nitrogens with one attached hydrogen (secondary N) is 1. The number of imidazole rings is 1. The molecule has 0 unspecified atom stereocenters. The van der Waals surface area contributed by atoms with E-state index in [0.29, 0.717) is 0 Å². The maximum atomic E-state index is 4.78. The van der Waals surface area contributed by atoms with E-state index in [2.05, 4.69) is 36.2 Å². The van der Waals surface area contributed by atoms with Crippen LogP contribution in [-0.2, 0) is 12.8 Å². The van der Waals surface area contributed by atoms with E-state index in [1.807, 2.05) is 11.3 Å². The monoisotopic (exact) mass is 268 g/mol. The minimum absolute atomic E-state index is 1.03. The van der Waals surface area contributed by atoms with E-state index in [1.54, 1.807) is 10.4 Å². The predicted molar refractivity (Wildman–Crippen MR) is 80.8 cm³/mol. The van der Waals surface area contributed by atoms with Crippen molar-refractivity contribution in [3.63, 3.8) is 0 Å². The average molecular weight is 268 g/mol. The Kier molecular flexibility index (Phi) is 2.49. The van der Waals surface area contributed by atoms with Gasteiger partial charge in [-0.3, -0.25) is 0 Å². The van der Waals surface area contributed by atoms with E-state index in [9.17, 15) is 0 Å². The Morgan fingerprint density at radius 3 is 2.95 bits per heavy atom. The zero-order valence-electron chi connectivity index (χ0n) is 11.0. The third-order valence-electron chi connectivity index (χ3n) is 3.94. The van der Waals surface area contributed by atoms with E-state index < -0.39 is 0 Å². The molecule has 2 nitrogen and oxygen atoms in total. The van der Waals surface area contributed by atoms with Crippen LogP contribution in [0.2, 0.25) is 0 Å². The van der Waals surface area contributed by atoms with Crippen LogP contribution < -0.4 is 0 Å². The van der Waals surface area contributed by atoms with Crippen LogP contribution in [0, 0.1) is 6.92 Å². The summed E-state index contributed by atoms with van der Waals surface area (Å²) in [5.74, 6) is 1.03. The Morgan fingerprint density at radius 1 is 1.21 bits per heavy atom. The van der Waals surface area contributed by atoms with Crippen LogP contribution in [0.25, 0.3) is 21.7 Å². The van der Waals surface area contributed by atoms with Crippen LogP contribution in [0.4, 0.5) is 0 Å². The molecule has 4 rings (SSSR count). The van der Waals surface area contributed by atoms with Gasteiger partial charge in [0.2, 0.25) is 0 Å². The Labute approximate surface area is 116 Å². The maximum Gasteiger partial charge on any atom is 0.148 e. The van der Waals surface area contributed by atoms with Crippen molar-refractivity contribution in [3.05, 3.63) is 40.3 Å². The smallest absolute Gasteiger partial charge is 0.148 e. The van der Waals surface area contributed by atoms with Gasteiger partial charge in [0.25, 0.3) is 0 Å². The van der Waals surface area contributed by atoms with E-state index in [0.717, 1.165) is 16.9 Å². The van der Waals surface area contributed by atoms with Crippen LogP contribution in [0.15, 0.2) is 24.3 Å². The normalized spacial score (nSPS) is 14.8. The molecule has 2 aromatic heterocycles. The maximum absolute atomic E-state index is 4.78. The van der Waals surface area contributed by atoms with Crippen molar-refractivity contribution < 1.29 is 0 Å². The number of thiophene rings is 1. The van der Waals surface area contributed by atoms with Gasteiger partial charge < -0.3 is 4.98 Å². The number of H-pyrrole nitrogens is 1. The van der Waals surface area contributed by atoms with Crippen LogP contribution in [0.3, 0.4) is 0 Å². The fourth-order valence-corrected chi connectivity index (χ4v) is 4.10. The van der Waals surface area contributed by atoms with Gasteiger partial charge >= 0.3 is 0 Å². The molecule has 19 heavy (non-hydrogen) atoms. The lowest BCUT2D eigenvalue weighted by molar-refractivity contribution is 0.697. The first-order valence-corrected chi connectivity index (χ1v) is 7.70. The van der Waals surface area contributed by atoms with Gasteiger partial charge in [-0.15, -0.1) is 11.3 Å². The highest BCUT2D eigenvalue weighted by atomic mass is 32.1. The lowest BCUT2D eigenvalue weighted by atomic mass is 9.99. The van der Waals surface area contributed by atoms with Crippen molar-refractivity contribution in [1.82, 2.24) is 9.97 Å². The number of para-hydroxylation sites is 1. The second-order valence-corrected chi connectivity index (χ2v) is 6.46. The van der Waals surface area contributed by atoms with Gasteiger partial charge in [-0.2, -0.15) is 0 Å². The summed E-state index contributed by atoms with van der Waals surface area (Å²) < 4.78 is 0. The standard InChI is InChI=1S/C16H16N2S/c1-10-5-4-7-12-15(10)18-16(17-12)14-9-11-6-2-3-8-13(11)19-14/h4-5,7,9H,2-3,6,8H2,1H3,(H,17,18). The third-order valence-corrected chi connectivity index (χ3v) is 5.19. The number of nitrogens with zero attached hydrogens (tertiary/aromatic N) is 1. The summed E-state index contributed by atoms with van der Waals surface area (Å²) in [4.78, 5) is 11.1. The number of benzene rings is 1. The SMILES string of the molecule is Cc1cccc2[nH]c(-c3cc4c(s3)CCCC4)nc12. The Morgan fingerprint density at radius 2 is 2.11 bits per heavy atom. The van der Waals surface area contributed by atoms with Crippen molar-refractivity contribution in [3.8, 4) is 10.7 Å². The molecule has 1 aliphatic rings. The molecule has 0 aliphatic heterocycles. The Hall–Kier alpha value is -1.61. The molecule has 96 valence electrons. The molecule has 0 spiro atoms. The molecule has 0 radical (unpaired) electrons. The minimum Gasteiger partial charge on any atom is -0.337 e. The molecule has 1 N–H and O–H groups in total.